The van der Waals surface area contributed by atoms with Crippen LogP contribution in [0.15, 0.2) is 35.3 Å². The molecule has 0 saturated carbocycles. The Labute approximate surface area is 94.2 Å². The van der Waals surface area contributed by atoms with Crippen LogP contribution in [-0.4, -0.2) is 14.6 Å². The van der Waals surface area contributed by atoms with Gasteiger partial charge in [0.2, 0.25) is 0 Å². The first kappa shape index (κ1) is 9.17. The maximum atomic E-state index is 11.1. The molecule has 0 amide bonds. The van der Waals surface area contributed by atoms with Crippen LogP contribution in [0.5, 0.6) is 0 Å². The van der Waals surface area contributed by atoms with Gasteiger partial charge in [-0.05, 0) is 18.2 Å². The van der Waals surface area contributed by atoms with Gasteiger partial charge in [0.25, 0.3) is 5.56 Å². The summed E-state index contributed by atoms with van der Waals surface area (Å²) in [6.45, 7) is 0. The van der Waals surface area contributed by atoms with Gasteiger partial charge >= 0.3 is 0 Å². The molecule has 3 heterocycles. The van der Waals surface area contributed by atoms with Crippen LogP contribution in [0, 0.1) is 0 Å². The monoisotopic (exact) mass is 232 g/mol. The molecule has 0 unspecified atom stereocenters. The van der Waals surface area contributed by atoms with Crippen LogP contribution in [0.25, 0.3) is 16.2 Å². The number of thiophene rings is 1. The fraction of sp³-hybridized carbons (Fsp3) is 0. The molecule has 80 valence electrons. The minimum Gasteiger partial charge on any atom is -0.391 e. The second kappa shape index (κ2) is 3.21. The van der Waals surface area contributed by atoms with Gasteiger partial charge in [-0.2, -0.15) is 0 Å². The van der Waals surface area contributed by atoms with Crippen molar-refractivity contribution in [2.45, 2.75) is 0 Å². The van der Waals surface area contributed by atoms with Gasteiger partial charge in [0.1, 0.15) is 5.69 Å². The Balaban J connectivity index is 2.22. The maximum Gasteiger partial charge on any atom is 0.262 e. The standard InChI is InChI=1S/C10H8N4OS/c11-8-2-1-7(16-8)6-5-14-9(12-6)3-4-10(15)13-14/h1-5H,11H2,(H,13,15). The van der Waals surface area contributed by atoms with Gasteiger partial charge in [0.05, 0.1) is 16.1 Å². The van der Waals surface area contributed by atoms with Crippen LogP contribution < -0.4 is 11.3 Å². The van der Waals surface area contributed by atoms with Gasteiger partial charge in [0, 0.05) is 6.07 Å². The molecule has 6 heteroatoms. The smallest absolute Gasteiger partial charge is 0.262 e. The highest BCUT2D eigenvalue weighted by Crippen LogP contribution is 2.28. The number of hydrogen-bond donors (Lipinski definition) is 2. The van der Waals surface area contributed by atoms with Crippen molar-refractivity contribution in [1.29, 1.82) is 0 Å². The highest BCUT2D eigenvalue weighted by molar-refractivity contribution is 7.19. The maximum absolute atomic E-state index is 11.1. The van der Waals surface area contributed by atoms with E-state index in [0.717, 1.165) is 15.6 Å². The van der Waals surface area contributed by atoms with E-state index in [0.29, 0.717) is 5.65 Å². The lowest BCUT2D eigenvalue weighted by Gasteiger charge is -1.88. The normalized spacial score (nSPS) is 11.0. The molecule has 0 aliphatic rings. The van der Waals surface area contributed by atoms with Crippen LogP contribution in [0.4, 0.5) is 5.00 Å². The molecular formula is C10H8N4OS. The Morgan fingerprint density at radius 1 is 1.31 bits per heavy atom. The average molecular weight is 232 g/mol. The van der Waals surface area contributed by atoms with E-state index in [1.807, 2.05) is 12.1 Å². The summed E-state index contributed by atoms with van der Waals surface area (Å²) < 4.78 is 1.60. The summed E-state index contributed by atoms with van der Waals surface area (Å²) in [6, 6.07) is 6.89. The number of aromatic amines is 1. The highest BCUT2D eigenvalue weighted by Gasteiger charge is 2.06. The Bertz CT molecular complexity index is 709. The molecule has 3 rings (SSSR count). The second-order valence-corrected chi connectivity index (χ2v) is 4.48. The fourth-order valence-corrected chi connectivity index (χ4v) is 2.25. The molecule has 0 radical (unpaired) electrons. The summed E-state index contributed by atoms with van der Waals surface area (Å²) in [7, 11) is 0. The van der Waals surface area contributed by atoms with Crippen molar-refractivity contribution in [3.63, 3.8) is 0 Å². The van der Waals surface area contributed by atoms with Gasteiger partial charge in [-0.25, -0.2) is 9.50 Å². The molecule has 0 aliphatic carbocycles. The van der Waals surface area contributed by atoms with Crippen molar-refractivity contribution in [3.05, 3.63) is 40.8 Å². The van der Waals surface area contributed by atoms with E-state index in [2.05, 4.69) is 10.1 Å². The predicted molar refractivity (Wildman–Crippen MR) is 63.5 cm³/mol. The zero-order chi connectivity index (χ0) is 11.1. The van der Waals surface area contributed by atoms with E-state index in [1.54, 1.807) is 16.8 Å². The van der Waals surface area contributed by atoms with E-state index < -0.39 is 0 Å². The summed E-state index contributed by atoms with van der Waals surface area (Å²) in [5.74, 6) is 0. The van der Waals surface area contributed by atoms with Crippen molar-refractivity contribution in [2.75, 3.05) is 5.73 Å². The van der Waals surface area contributed by atoms with Gasteiger partial charge in [-0.15, -0.1) is 11.3 Å². The predicted octanol–water partition coefficient (Wildman–Crippen LogP) is 1.33. The zero-order valence-corrected chi connectivity index (χ0v) is 8.99. The first-order valence-corrected chi connectivity index (χ1v) is 5.48. The van der Waals surface area contributed by atoms with Gasteiger partial charge < -0.3 is 5.73 Å². The lowest BCUT2D eigenvalue weighted by Crippen LogP contribution is -2.07. The van der Waals surface area contributed by atoms with E-state index in [1.165, 1.54) is 17.4 Å². The van der Waals surface area contributed by atoms with E-state index in [4.69, 9.17) is 5.73 Å². The van der Waals surface area contributed by atoms with Crippen LogP contribution in [0.2, 0.25) is 0 Å². The van der Waals surface area contributed by atoms with Crippen molar-refractivity contribution in [2.24, 2.45) is 0 Å². The number of imidazole rings is 1. The molecule has 0 fully saturated rings. The molecule has 5 nitrogen and oxygen atoms in total. The third kappa shape index (κ3) is 1.40. The van der Waals surface area contributed by atoms with Gasteiger partial charge in [-0.1, -0.05) is 0 Å². The number of nitrogen functional groups attached to an aromatic ring is 1. The molecular weight excluding hydrogens is 224 g/mol. The number of anilines is 1. The number of H-pyrrole nitrogens is 1. The number of rotatable bonds is 1. The molecule has 0 atom stereocenters. The Morgan fingerprint density at radius 2 is 2.19 bits per heavy atom. The molecule has 0 aliphatic heterocycles. The van der Waals surface area contributed by atoms with E-state index in [-0.39, 0.29) is 5.56 Å². The van der Waals surface area contributed by atoms with Crippen LogP contribution >= 0.6 is 11.3 Å². The van der Waals surface area contributed by atoms with Crippen molar-refractivity contribution in [1.82, 2.24) is 14.6 Å². The van der Waals surface area contributed by atoms with E-state index >= 15 is 0 Å². The van der Waals surface area contributed by atoms with Crippen molar-refractivity contribution in [3.8, 4) is 10.6 Å². The SMILES string of the molecule is Nc1ccc(-c2cn3[nH]c(=O)ccc3n2)s1. The van der Waals surface area contributed by atoms with Crippen LogP contribution in [0.3, 0.4) is 0 Å². The number of aromatic nitrogens is 3. The number of nitrogens with one attached hydrogen (secondary N) is 1. The van der Waals surface area contributed by atoms with Crippen LogP contribution in [0.1, 0.15) is 0 Å². The summed E-state index contributed by atoms with van der Waals surface area (Å²) in [5, 5.41) is 3.41. The zero-order valence-electron chi connectivity index (χ0n) is 8.18. The van der Waals surface area contributed by atoms with Crippen molar-refractivity contribution < 1.29 is 0 Å². The molecule has 3 aromatic heterocycles. The molecule has 0 saturated heterocycles. The Morgan fingerprint density at radius 3 is 2.94 bits per heavy atom. The first-order chi connectivity index (χ1) is 7.72. The summed E-state index contributed by atoms with van der Waals surface area (Å²) >= 11 is 1.47. The first-order valence-electron chi connectivity index (χ1n) is 4.66. The lowest BCUT2D eigenvalue weighted by atomic mass is 10.4. The highest BCUT2D eigenvalue weighted by atomic mass is 32.1. The minimum absolute atomic E-state index is 0.151. The summed E-state index contributed by atoms with van der Waals surface area (Å²) in [6.07, 6.45) is 1.78. The molecule has 3 N–H and O–H groups in total. The number of nitrogens with two attached hydrogens (primary N) is 1. The van der Waals surface area contributed by atoms with Crippen molar-refractivity contribution >= 4 is 22.0 Å². The molecule has 0 spiro atoms. The fourth-order valence-electron chi connectivity index (χ4n) is 1.52. The minimum atomic E-state index is -0.151. The number of nitrogens with zero attached hydrogens (tertiary/aromatic N) is 2. The Kier molecular flexibility index (Phi) is 1.84. The quantitative estimate of drug-likeness (QED) is 0.664. The largest absolute Gasteiger partial charge is 0.391 e. The lowest BCUT2D eigenvalue weighted by molar-refractivity contribution is 0.905. The van der Waals surface area contributed by atoms with Crippen LogP contribution in [-0.2, 0) is 0 Å². The van der Waals surface area contributed by atoms with E-state index in [9.17, 15) is 4.79 Å². The van der Waals surface area contributed by atoms with Gasteiger partial charge in [-0.3, -0.25) is 9.89 Å². The number of hydrogen-bond acceptors (Lipinski definition) is 4. The Hall–Kier alpha value is -2.08. The second-order valence-electron chi connectivity index (χ2n) is 3.37. The molecule has 0 bridgehead atoms. The molecule has 3 aromatic rings. The third-order valence-corrected chi connectivity index (χ3v) is 3.16. The number of fused-ring (bicyclic) bond motifs is 1. The molecule has 16 heavy (non-hydrogen) atoms. The van der Waals surface area contributed by atoms with Gasteiger partial charge in [0.15, 0.2) is 5.65 Å². The summed E-state index contributed by atoms with van der Waals surface area (Å²) in [5.41, 5.74) is 7.03. The average Bonchev–Trinajstić information content (AvgIpc) is 2.83. The summed E-state index contributed by atoms with van der Waals surface area (Å²) in [4.78, 5) is 16.5. The topological polar surface area (TPSA) is 76.2 Å². The molecule has 0 aromatic carbocycles. The third-order valence-electron chi connectivity index (χ3n) is 2.23.